The highest BCUT2D eigenvalue weighted by molar-refractivity contribution is 6.22. The zero-order valence-electron chi connectivity index (χ0n) is 5.30. The number of rotatable bonds is 0. The molecule has 0 aromatic rings. The van der Waals surface area contributed by atoms with Crippen molar-refractivity contribution >= 4 is 26.5 Å². The Morgan fingerprint density at radius 3 is 0.667 bits per heavy atom. The van der Waals surface area contributed by atoms with Gasteiger partial charge in [-0.15, -0.1) is 0 Å². The topological polar surface area (TPSA) is 278 Å². The van der Waals surface area contributed by atoms with Crippen molar-refractivity contribution in [2.75, 3.05) is 0 Å². The van der Waals surface area contributed by atoms with Crippen molar-refractivity contribution in [3.8, 4) is 0 Å². The average molecular weight is 234 g/mol. The summed E-state index contributed by atoms with van der Waals surface area (Å²) in [4.78, 5) is 14.3. The zero-order chi connectivity index (χ0) is 3.58. The fourth-order valence-corrected chi connectivity index (χ4v) is 0. The maximum atomic E-state index is 8.74. The fraction of sp³-hybridized carbons (Fsp3) is 0. The highest BCUT2D eigenvalue weighted by Crippen LogP contribution is 1.27. The summed E-state index contributed by atoms with van der Waals surface area (Å²) < 4.78 is 8.74. The van der Waals surface area contributed by atoms with Crippen LogP contribution >= 0.6 is 0 Å². The van der Waals surface area contributed by atoms with Crippen LogP contribution in [0.3, 0.4) is 0 Å². The maximum Gasteiger partial charge on any atom is 0.761 e. The lowest BCUT2D eigenvalue weighted by Crippen LogP contribution is -1.90. The third-order valence-corrected chi connectivity index (χ3v) is 0. The second kappa shape index (κ2) is 129. The molecule has 0 aliphatic rings. The summed E-state index contributed by atoms with van der Waals surface area (Å²) in [6.45, 7) is 0. The molecule has 0 heterocycles. The summed E-state index contributed by atoms with van der Waals surface area (Å²) in [5, 5.41) is 0. The summed E-state index contributed by atoms with van der Waals surface area (Å²) in [5.74, 6) is 0. The van der Waals surface area contributed by atoms with Gasteiger partial charge in [0.2, 0.25) is 0 Å². The van der Waals surface area contributed by atoms with Gasteiger partial charge in [-0.05, 0) is 0 Å². The maximum absolute atomic E-state index is 8.74. The van der Waals surface area contributed by atoms with Crippen molar-refractivity contribution in [1.82, 2.24) is 0 Å². The molecule has 0 saturated carbocycles. The molecule has 0 fully saturated rings. The van der Waals surface area contributed by atoms with E-state index in [2.05, 4.69) is 0 Å². The Morgan fingerprint density at radius 1 is 0.667 bits per heavy atom. The van der Waals surface area contributed by atoms with Crippen LogP contribution in [0, 0.1) is 0 Å². The molecule has 0 aliphatic carbocycles. The van der Waals surface area contributed by atoms with Crippen molar-refractivity contribution < 1.29 is 52.4 Å². The largest absolute Gasteiger partial charge is 0.761 e. The van der Waals surface area contributed by atoms with E-state index in [9.17, 15) is 0 Å². The van der Waals surface area contributed by atoms with Gasteiger partial charge >= 0.3 is 9.17 Å². The smallest absolute Gasteiger partial charge is 0.511 e. The van der Waals surface area contributed by atoms with Crippen molar-refractivity contribution in [3.05, 3.63) is 0 Å². The molecule has 0 aromatic heterocycles. The third-order valence-electron chi connectivity index (χ3n) is 0. The molecule has 16 N–H and O–H groups in total. The molecule has 0 unspecified atom stereocenters. The van der Waals surface area contributed by atoms with Crippen LogP contribution in [0.2, 0.25) is 0 Å². The van der Waals surface area contributed by atoms with Gasteiger partial charge in [-0.1, -0.05) is 0 Å². The molecular weight excluding hydrogens is 215 g/mol. The monoisotopic (exact) mass is 234 g/mol. The molecule has 12 heteroatoms. The van der Waals surface area contributed by atoms with Crippen LogP contribution in [0.4, 0.5) is 0 Å². The van der Waals surface area contributed by atoms with Crippen LogP contribution in [-0.4, -0.2) is 74.5 Å². The van der Waals surface area contributed by atoms with Crippen molar-refractivity contribution in [2.24, 2.45) is 0 Å². The first-order chi connectivity index (χ1) is 1.73. The Morgan fingerprint density at radius 2 is 0.667 bits per heavy atom. The molecule has 12 heavy (non-hydrogen) atoms. The van der Waals surface area contributed by atoms with E-state index in [1.54, 1.807) is 0 Å². The quantitative estimate of drug-likeness (QED) is 0.386. The van der Waals surface area contributed by atoms with Gasteiger partial charge in [-0.25, -0.2) is 0 Å². The Labute approximate surface area is 79.7 Å². The van der Waals surface area contributed by atoms with Gasteiger partial charge in [0.15, 0.2) is 17.4 Å². The fourth-order valence-electron chi connectivity index (χ4n) is 0. The molecule has 0 amide bonds. The van der Waals surface area contributed by atoms with Crippen LogP contribution < -0.4 is 0 Å². The average Bonchev–Trinajstić information content (AvgIpc) is 0.811. The Kier molecular flexibility index (Phi) is 1830. The highest BCUT2D eigenvalue weighted by Gasteiger charge is 1.85. The van der Waals surface area contributed by atoms with Crippen LogP contribution in [0.25, 0.3) is 0 Å². The van der Waals surface area contributed by atoms with Gasteiger partial charge in [0, 0.05) is 0 Å². The number of hydrogen-bond donors (Lipinski definition) is 2. The summed E-state index contributed by atoms with van der Waals surface area (Å²) in [6.07, 6.45) is 0. The predicted molar refractivity (Wildman–Crippen MR) is 46.1 cm³/mol. The molecule has 0 bridgehead atoms. The summed E-state index contributed by atoms with van der Waals surface area (Å²) in [5.41, 5.74) is 0. The van der Waals surface area contributed by atoms with Crippen molar-refractivity contribution in [3.63, 3.8) is 0 Å². The lowest BCUT2D eigenvalue weighted by Gasteiger charge is -1.55. The van der Waals surface area contributed by atoms with E-state index in [0.29, 0.717) is 0 Å². The second-order valence-corrected chi connectivity index (χ2v) is 0.848. The minimum absolute atomic E-state index is 0. The van der Waals surface area contributed by atoms with E-state index < -0.39 is 9.17 Å². The Hall–Kier alpha value is -0.131. The standard InChI is InChI=1S/Al.H2O3Si.7H2O.3H/c;1-4(2)3;;;;;;;;;;/h;1-2H;7*1H2;;;. The molecule has 0 rings (SSSR count). The van der Waals surface area contributed by atoms with Gasteiger partial charge in [-0.3, -0.25) is 4.46 Å². The molecule has 0 atom stereocenters. The molecule has 0 aromatic carbocycles. The molecule has 0 spiro atoms. The molecule has 0 saturated heterocycles. The van der Waals surface area contributed by atoms with Gasteiger partial charge in [0.05, 0.1) is 0 Å². The first kappa shape index (κ1) is 170. The SMILES string of the molecule is O.O.O.O.O.O.O.O=[Si](O)O.[AlH3]. The normalized spacial score (nSPS) is 2.00. The zero-order valence-corrected chi connectivity index (χ0v) is 6.30. The molecular formula is H19AlO10Si. The van der Waals surface area contributed by atoms with Crippen molar-refractivity contribution in [1.29, 1.82) is 0 Å². The lowest BCUT2D eigenvalue weighted by atomic mass is 15.8. The van der Waals surface area contributed by atoms with Gasteiger partial charge in [-0.2, -0.15) is 0 Å². The molecule has 10 nitrogen and oxygen atoms in total. The van der Waals surface area contributed by atoms with Crippen LogP contribution in [0.1, 0.15) is 0 Å². The van der Waals surface area contributed by atoms with Crippen LogP contribution in [0.5, 0.6) is 0 Å². The van der Waals surface area contributed by atoms with Crippen LogP contribution in [0.15, 0.2) is 0 Å². The lowest BCUT2D eigenvalue weighted by molar-refractivity contribution is 0.330. The first-order valence-corrected chi connectivity index (χ1v) is 1.95. The summed E-state index contributed by atoms with van der Waals surface area (Å²) >= 11 is 0. The van der Waals surface area contributed by atoms with Crippen LogP contribution in [-0.2, 0) is 4.46 Å². The van der Waals surface area contributed by atoms with E-state index in [1.807, 2.05) is 0 Å². The van der Waals surface area contributed by atoms with Gasteiger partial charge < -0.3 is 47.9 Å². The van der Waals surface area contributed by atoms with Crippen molar-refractivity contribution in [2.45, 2.75) is 0 Å². The first-order valence-electron chi connectivity index (χ1n) is 0.651. The molecule has 0 aliphatic heterocycles. The second-order valence-electron chi connectivity index (χ2n) is 0.283. The minimum atomic E-state index is -3.13. The molecule has 0 radical (unpaired) electrons. The predicted octanol–water partition coefficient (Wildman–Crippen LogP) is -8.57. The van der Waals surface area contributed by atoms with E-state index in [-0.39, 0.29) is 55.7 Å². The minimum Gasteiger partial charge on any atom is -0.511 e. The molecule has 86 valence electrons. The summed E-state index contributed by atoms with van der Waals surface area (Å²) in [7, 11) is -3.13. The van der Waals surface area contributed by atoms with Gasteiger partial charge in [0.25, 0.3) is 0 Å². The highest BCUT2D eigenvalue weighted by atomic mass is 28.3. The Bertz CT molecular complexity index is 32.8. The van der Waals surface area contributed by atoms with E-state index in [1.165, 1.54) is 0 Å². The summed E-state index contributed by atoms with van der Waals surface area (Å²) in [6, 6.07) is 0. The third kappa shape index (κ3) is 45500. The van der Waals surface area contributed by atoms with E-state index >= 15 is 0 Å². The van der Waals surface area contributed by atoms with Gasteiger partial charge in [0.1, 0.15) is 0 Å². The Balaban J connectivity index is -0.00000000161. The van der Waals surface area contributed by atoms with E-state index in [0.717, 1.165) is 0 Å². The number of hydrogen-bond acceptors (Lipinski definition) is 1. The van der Waals surface area contributed by atoms with E-state index in [4.69, 9.17) is 14.1 Å².